The maximum absolute atomic E-state index is 10.0. The van der Waals surface area contributed by atoms with Gasteiger partial charge in [0, 0.05) is 33.0 Å². The van der Waals surface area contributed by atoms with E-state index >= 15 is 0 Å². The summed E-state index contributed by atoms with van der Waals surface area (Å²) < 4.78 is 1.53. The Balaban J connectivity index is 1.73. The van der Waals surface area contributed by atoms with Gasteiger partial charge < -0.3 is 5.11 Å². The number of phenols is 1. The zero-order chi connectivity index (χ0) is 21.8. The molecule has 0 fully saturated rings. The van der Waals surface area contributed by atoms with Crippen molar-refractivity contribution in [2.24, 2.45) is 10.1 Å². The van der Waals surface area contributed by atoms with Gasteiger partial charge in [-0.15, -0.1) is 0 Å². The van der Waals surface area contributed by atoms with Crippen LogP contribution in [0.25, 0.3) is 11.3 Å². The number of phenolic OH excluding ortho intramolecular Hbond substituents is 1. The van der Waals surface area contributed by atoms with Crippen molar-refractivity contribution in [2.75, 3.05) is 0 Å². The Morgan fingerprint density at radius 1 is 0.839 bits per heavy atom. The number of rotatable bonds is 5. The average Bonchev–Trinajstić information content (AvgIpc) is 3.17. The molecule has 0 aliphatic heterocycles. The van der Waals surface area contributed by atoms with Crippen LogP contribution in [0.3, 0.4) is 0 Å². The zero-order valence-corrected chi connectivity index (χ0v) is 18.2. The van der Waals surface area contributed by atoms with E-state index in [1.165, 1.54) is 17.0 Å². The van der Waals surface area contributed by atoms with Crippen LogP contribution in [-0.4, -0.2) is 27.2 Å². The fourth-order valence-electron chi connectivity index (χ4n) is 2.77. The SMILES string of the molecule is Oc1ccc(Cl)cc1C=Nc1nc(-c2ccccc2)cn1/N=C\c1ccc(Cl)cc1Cl. The fraction of sp³-hybridized carbons (Fsp3) is 0. The smallest absolute Gasteiger partial charge is 0.251 e. The van der Waals surface area contributed by atoms with Gasteiger partial charge in [-0.05, 0) is 30.3 Å². The largest absolute Gasteiger partial charge is 0.507 e. The number of nitrogens with zero attached hydrogens (tertiary/aromatic N) is 4. The van der Waals surface area contributed by atoms with Gasteiger partial charge >= 0.3 is 0 Å². The van der Waals surface area contributed by atoms with Crippen LogP contribution in [0.15, 0.2) is 83.0 Å². The molecular formula is C23H15Cl3N4O. The van der Waals surface area contributed by atoms with E-state index in [0.29, 0.717) is 37.8 Å². The summed E-state index contributed by atoms with van der Waals surface area (Å²) in [6.45, 7) is 0. The van der Waals surface area contributed by atoms with Crippen molar-refractivity contribution in [1.82, 2.24) is 9.66 Å². The zero-order valence-electron chi connectivity index (χ0n) is 16.0. The Labute approximate surface area is 193 Å². The quantitative estimate of drug-likeness (QED) is 0.325. The molecule has 1 heterocycles. The van der Waals surface area contributed by atoms with E-state index in [0.717, 1.165) is 5.56 Å². The highest BCUT2D eigenvalue weighted by atomic mass is 35.5. The van der Waals surface area contributed by atoms with Gasteiger partial charge in [0.05, 0.1) is 23.1 Å². The molecule has 0 saturated heterocycles. The monoisotopic (exact) mass is 468 g/mol. The molecule has 0 bridgehead atoms. The highest BCUT2D eigenvalue weighted by molar-refractivity contribution is 6.36. The predicted molar refractivity (Wildman–Crippen MR) is 127 cm³/mol. The predicted octanol–water partition coefficient (Wildman–Crippen LogP) is 6.85. The van der Waals surface area contributed by atoms with Gasteiger partial charge in [0.2, 0.25) is 0 Å². The minimum absolute atomic E-state index is 0.0611. The molecule has 0 radical (unpaired) electrons. The molecule has 1 aromatic heterocycles. The number of aromatic hydroxyl groups is 1. The summed E-state index contributed by atoms with van der Waals surface area (Å²) in [5, 5.41) is 16.0. The van der Waals surface area contributed by atoms with E-state index in [4.69, 9.17) is 34.8 Å². The summed E-state index contributed by atoms with van der Waals surface area (Å²) in [5.74, 6) is 0.380. The Bertz CT molecular complexity index is 1280. The molecule has 8 heteroatoms. The van der Waals surface area contributed by atoms with E-state index in [9.17, 15) is 5.11 Å². The van der Waals surface area contributed by atoms with Gasteiger partial charge in [0.25, 0.3) is 5.95 Å². The second-order valence-corrected chi connectivity index (χ2v) is 7.79. The van der Waals surface area contributed by atoms with Crippen molar-refractivity contribution in [3.05, 3.63) is 99.1 Å². The van der Waals surface area contributed by atoms with Crippen LogP contribution < -0.4 is 0 Å². The molecule has 0 unspecified atom stereocenters. The Morgan fingerprint density at radius 3 is 2.35 bits per heavy atom. The summed E-state index contributed by atoms with van der Waals surface area (Å²) in [5.41, 5.74) is 2.78. The molecule has 0 spiro atoms. The molecule has 0 aliphatic rings. The van der Waals surface area contributed by atoms with Crippen molar-refractivity contribution < 1.29 is 5.11 Å². The normalized spacial score (nSPS) is 11.6. The highest BCUT2D eigenvalue weighted by Gasteiger charge is 2.09. The van der Waals surface area contributed by atoms with Gasteiger partial charge in [-0.2, -0.15) is 5.10 Å². The molecule has 0 aliphatic carbocycles. The minimum Gasteiger partial charge on any atom is -0.507 e. The fourth-order valence-corrected chi connectivity index (χ4v) is 3.41. The summed E-state index contributed by atoms with van der Waals surface area (Å²) in [4.78, 5) is 8.99. The molecule has 31 heavy (non-hydrogen) atoms. The first-order chi connectivity index (χ1) is 15.0. The van der Waals surface area contributed by atoms with Gasteiger partial charge in [0.15, 0.2) is 0 Å². The number of aromatic nitrogens is 2. The van der Waals surface area contributed by atoms with Gasteiger partial charge in [-0.1, -0.05) is 71.2 Å². The van der Waals surface area contributed by atoms with Gasteiger partial charge in [0.1, 0.15) is 5.75 Å². The van der Waals surface area contributed by atoms with E-state index in [1.807, 2.05) is 30.3 Å². The average molecular weight is 470 g/mol. The lowest BCUT2D eigenvalue weighted by atomic mass is 10.2. The number of benzene rings is 3. The second-order valence-electron chi connectivity index (χ2n) is 6.51. The number of hydrogen-bond acceptors (Lipinski definition) is 4. The van der Waals surface area contributed by atoms with Crippen LogP contribution in [0.1, 0.15) is 11.1 Å². The van der Waals surface area contributed by atoms with Crippen LogP contribution in [0.5, 0.6) is 5.75 Å². The third-order valence-electron chi connectivity index (χ3n) is 4.33. The van der Waals surface area contributed by atoms with Crippen molar-refractivity contribution in [3.63, 3.8) is 0 Å². The second kappa shape index (κ2) is 9.35. The lowest BCUT2D eigenvalue weighted by Gasteiger charge is -2.00. The van der Waals surface area contributed by atoms with Crippen molar-refractivity contribution in [3.8, 4) is 17.0 Å². The summed E-state index contributed by atoms with van der Waals surface area (Å²) in [6, 6.07) is 19.6. The maximum atomic E-state index is 10.0. The lowest BCUT2D eigenvalue weighted by molar-refractivity contribution is 0.474. The van der Waals surface area contributed by atoms with Gasteiger partial charge in [-0.25, -0.2) is 14.7 Å². The maximum Gasteiger partial charge on any atom is 0.251 e. The third kappa shape index (κ3) is 5.14. The molecule has 0 saturated carbocycles. The molecule has 5 nitrogen and oxygen atoms in total. The van der Waals surface area contributed by atoms with E-state index in [2.05, 4.69) is 15.1 Å². The van der Waals surface area contributed by atoms with E-state index < -0.39 is 0 Å². The molecule has 1 N–H and O–H groups in total. The molecule has 154 valence electrons. The number of aliphatic imine (C=N–C) groups is 1. The van der Waals surface area contributed by atoms with Crippen LogP contribution in [-0.2, 0) is 0 Å². The molecular weight excluding hydrogens is 455 g/mol. The molecule has 0 amide bonds. The van der Waals surface area contributed by atoms with Gasteiger partial charge in [-0.3, -0.25) is 0 Å². The number of imidazole rings is 1. The highest BCUT2D eigenvalue weighted by Crippen LogP contribution is 2.25. The van der Waals surface area contributed by atoms with Crippen molar-refractivity contribution in [2.45, 2.75) is 0 Å². The summed E-state index contributed by atoms with van der Waals surface area (Å²) in [6.07, 6.45) is 4.85. The third-order valence-corrected chi connectivity index (χ3v) is 5.13. The first kappa shape index (κ1) is 21.1. The lowest BCUT2D eigenvalue weighted by Crippen LogP contribution is -1.91. The number of hydrogen-bond donors (Lipinski definition) is 1. The van der Waals surface area contributed by atoms with E-state index in [1.54, 1.807) is 42.7 Å². The van der Waals surface area contributed by atoms with Crippen LogP contribution >= 0.6 is 34.8 Å². The van der Waals surface area contributed by atoms with Crippen LogP contribution in [0, 0.1) is 0 Å². The first-order valence-electron chi connectivity index (χ1n) is 9.16. The molecule has 4 rings (SSSR count). The molecule has 4 aromatic rings. The van der Waals surface area contributed by atoms with Crippen LogP contribution in [0.2, 0.25) is 15.1 Å². The Morgan fingerprint density at radius 2 is 1.58 bits per heavy atom. The first-order valence-corrected chi connectivity index (χ1v) is 10.3. The topological polar surface area (TPSA) is 62.8 Å². The molecule has 0 atom stereocenters. The standard InChI is InChI=1S/C23H15Cl3N4O/c24-18-8-9-22(31)17(10-18)12-27-23-29-21(15-4-2-1-3-5-15)14-30(23)28-13-16-6-7-19(25)11-20(16)26/h1-14,31H/b27-12?,28-13-. The number of halogens is 3. The Hall–Kier alpha value is -3.12. The Kier molecular flexibility index (Phi) is 6.37. The minimum atomic E-state index is 0.0611. The van der Waals surface area contributed by atoms with E-state index in [-0.39, 0.29) is 5.75 Å². The summed E-state index contributed by atoms with van der Waals surface area (Å²) >= 11 is 18.2. The van der Waals surface area contributed by atoms with Crippen molar-refractivity contribution >= 4 is 53.2 Å². The summed E-state index contributed by atoms with van der Waals surface area (Å²) in [7, 11) is 0. The van der Waals surface area contributed by atoms with Crippen molar-refractivity contribution in [1.29, 1.82) is 0 Å². The van der Waals surface area contributed by atoms with Crippen LogP contribution in [0.4, 0.5) is 5.95 Å². The molecule has 3 aromatic carbocycles.